The minimum atomic E-state index is -0.189. The number of carbonyl (C=O) groups excluding carboxylic acids is 1. The number of ketones is 1. The zero-order valence-electron chi connectivity index (χ0n) is 11.6. The second-order valence-corrected chi connectivity index (χ2v) is 6.02. The molecule has 3 nitrogen and oxygen atoms in total. The van der Waals surface area contributed by atoms with E-state index in [0.29, 0.717) is 0 Å². The highest BCUT2D eigenvalue weighted by molar-refractivity contribution is 8.00. The first-order valence-electron chi connectivity index (χ1n) is 6.71. The predicted octanol–water partition coefficient (Wildman–Crippen LogP) is 3.99. The molecule has 1 aromatic heterocycles. The maximum atomic E-state index is 12.4. The molecule has 0 radical (unpaired) electrons. The van der Waals surface area contributed by atoms with Crippen LogP contribution < -0.4 is 0 Å². The Morgan fingerprint density at radius 1 is 1.00 bits per heavy atom. The molecule has 104 valence electrons. The summed E-state index contributed by atoms with van der Waals surface area (Å²) in [5.74, 6) is 0.114. The lowest BCUT2D eigenvalue weighted by atomic mass is 10.1. The van der Waals surface area contributed by atoms with Crippen LogP contribution in [-0.4, -0.2) is 21.0 Å². The number of hydrogen-bond donors (Lipinski definition) is 0. The molecular weight excluding hydrogens is 280 g/mol. The number of hydrogen-bond acceptors (Lipinski definition) is 4. The molecule has 4 heteroatoms. The van der Waals surface area contributed by atoms with Gasteiger partial charge in [0.2, 0.25) is 0 Å². The molecule has 21 heavy (non-hydrogen) atoms. The fourth-order valence-electron chi connectivity index (χ4n) is 2.13. The maximum absolute atomic E-state index is 12.4. The number of fused-ring (bicyclic) bond motifs is 1. The largest absolute Gasteiger partial charge is 0.293 e. The van der Waals surface area contributed by atoms with Crippen molar-refractivity contribution in [2.24, 2.45) is 0 Å². The molecule has 1 heterocycles. The number of carbonyl (C=O) groups is 1. The van der Waals surface area contributed by atoms with Crippen LogP contribution >= 0.6 is 11.8 Å². The Morgan fingerprint density at radius 3 is 2.52 bits per heavy atom. The van der Waals surface area contributed by atoms with Crippen LogP contribution in [0.2, 0.25) is 0 Å². The number of Topliss-reactive ketones (excluding diaryl/α,β-unsaturated/α-hetero) is 1. The maximum Gasteiger partial charge on any atom is 0.175 e. The summed E-state index contributed by atoms with van der Waals surface area (Å²) in [5, 5.41) is 1.64. The van der Waals surface area contributed by atoms with Gasteiger partial charge >= 0.3 is 0 Å². The zero-order chi connectivity index (χ0) is 14.7. The lowest BCUT2D eigenvalue weighted by Crippen LogP contribution is -2.13. The number of thioether (sulfide) groups is 1. The summed E-state index contributed by atoms with van der Waals surface area (Å²) in [4.78, 5) is 21.0. The third-order valence-corrected chi connectivity index (χ3v) is 4.34. The molecule has 0 saturated carbocycles. The molecule has 0 spiro atoms. The predicted molar refractivity (Wildman–Crippen MR) is 85.6 cm³/mol. The van der Waals surface area contributed by atoms with Gasteiger partial charge in [-0.3, -0.25) is 4.79 Å². The second kappa shape index (κ2) is 6.06. The summed E-state index contributed by atoms with van der Waals surface area (Å²) in [6.45, 7) is 1.91. The second-order valence-electron chi connectivity index (χ2n) is 4.69. The molecule has 0 aliphatic rings. The van der Waals surface area contributed by atoms with Crippen LogP contribution in [0, 0.1) is 0 Å². The summed E-state index contributed by atoms with van der Waals surface area (Å²) in [6, 6.07) is 17.2. The molecule has 0 amide bonds. The molecule has 0 saturated heterocycles. The van der Waals surface area contributed by atoms with E-state index in [1.54, 1.807) is 6.33 Å². The van der Waals surface area contributed by atoms with Crippen molar-refractivity contribution in [2.75, 3.05) is 0 Å². The van der Waals surface area contributed by atoms with Crippen molar-refractivity contribution in [2.45, 2.75) is 17.2 Å². The number of para-hydroxylation sites is 1. The van der Waals surface area contributed by atoms with Crippen molar-refractivity contribution in [3.05, 3.63) is 66.5 Å². The van der Waals surface area contributed by atoms with Crippen LogP contribution in [0.4, 0.5) is 0 Å². The summed E-state index contributed by atoms with van der Waals surface area (Å²) in [5.41, 5.74) is 1.63. The monoisotopic (exact) mass is 294 g/mol. The fraction of sp³-hybridized carbons (Fsp3) is 0.118. The van der Waals surface area contributed by atoms with E-state index < -0.39 is 0 Å². The van der Waals surface area contributed by atoms with Crippen molar-refractivity contribution in [3.8, 4) is 0 Å². The number of rotatable bonds is 4. The quantitative estimate of drug-likeness (QED) is 0.414. The average Bonchev–Trinajstić information content (AvgIpc) is 2.55. The Hall–Kier alpha value is -2.20. The Labute approximate surface area is 127 Å². The third-order valence-electron chi connectivity index (χ3n) is 3.22. The van der Waals surface area contributed by atoms with Gasteiger partial charge in [-0.2, -0.15) is 0 Å². The highest BCUT2D eigenvalue weighted by Gasteiger charge is 2.18. The SMILES string of the molecule is CC(Sc1ncnc2ccccc12)C(=O)c1ccccc1. The van der Waals surface area contributed by atoms with Crippen LogP contribution in [-0.2, 0) is 0 Å². The summed E-state index contributed by atoms with van der Waals surface area (Å²) in [7, 11) is 0. The molecule has 0 aliphatic carbocycles. The molecular formula is C17H14N2OS. The van der Waals surface area contributed by atoms with Gasteiger partial charge < -0.3 is 0 Å². The van der Waals surface area contributed by atoms with Gasteiger partial charge in [-0.25, -0.2) is 9.97 Å². The molecule has 1 unspecified atom stereocenters. The summed E-state index contributed by atoms with van der Waals surface area (Å²) in [6.07, 6.45) is 1.55. The van der Waals surface area contributed by atoms with E-state index in [0.717, 1.165) is 21.5 Å². The minimum absolute atomic E-state index is 0.114. The van der Waals surface area contributed by atoms with Crippen molar-refractivity contribution < 1.29 is 4.79 Å². The molecule has 0 bridgehead atoms. The van der Waals surface area contributed by atoms with Gasteiger partial charge in [0.15, 0.2) is 5.78 Å². The van der Waals surface area contributed by atoms with Crippen molar-refractivity contribution in [1.82, 2.24) is 9.97 Å². The normalized spacial score (nSPS) is 12.2. The Kier molecular flexibility index (Phi) is 3.97. The van der Waals surface area contributed by atoms with E-state index in [-0.39, 0.29) is 11.0 Å². The molecule has 0 N–H and O–H groups in total. The van der Waals surface area contributed by atoms with Crippen molar-refractivity contribution in [3.63, 3.8) is 0 Å². The Balaban J connectivity index is 1.87. The molecule has 3 rings (SSSR count). The van der Waals surface area contributed by atoms with Crippen LogP contribution in [0.5, 0.6) is 0 Å². The number of aromatic nitrogens is 2. The first-order chi connectivity index (χ1) is 10.3. The van der Waals surface area contributed by atoms with E-state index in [1.807, 2.05) is 61.5 Å². The average molecular weight is 294 g/mol. The third kappa shape index (κ3) is 2.95. The molecule has 2 aromatic carbocycles. The molecule has 1 atom stereocenters. The Bertz CT molecular complexity index is 769. The van der Waals surface area contributed by atoms with E-state index >= 15 is 0 Å². The van der Waals surface area contributed by atoms with Crippen LogP contribution in [0.3, 0.4) is 0 Å². The van der Waals surface area contributed by atoms with Gasteiger partial charge in [0, 0.05) is 10.9 Å². The molecule has 3 aromatic rings. The number of benzene rings is 2. The van der Waals surface area contributed by atoms with Crippen LogP contribution in [0.15, 0.2) is 66.0 Å². The fourth-order valence-corrected chi connectivity index (χ4v) is 3.12. The zero-order valence-corrected chi connectivity index (χ0v) is 12.4. The summed E-state index contributed by atoms with van der Waals surface area (Å²) >= 11 is 1.48. The van der Waals surface area contributed by atoms with Gasteiger partial charge in [0.25, 0.3) is 0 Å². The minimum Gasteiger partial charge on any atom is -0.293 e. The topological polar surface area (TPSA) is 42.9 Å². The highest BCUT2D eigenvalue weighted by Crippen LogP contribution is 2.29. The van der Waals surface area contributed by atoms with Gasteiger partial charge in [-0.05, 0) is 13.0 Å². The lowest BCUT2D eigenvalue weighted by molar-refractivity contribution is 0.0994. The lowest BCUT2D eigenvalue weighted by Gasteiger charge is -2.11. The van der Waals surface area contributed by atoms with Gasteiger partial charge in [-0.15, -0.1) is 0 Å². The van der Waals surface area contributed by atoms with E-state index in [2.05, 4.69) is 9.97 Å². The first-order valence-corrected chi connectivity index (χ1v) is 7.59. The molecule has 0 fully saturated rings. The Morgan fingerprint density at radius 2 is 1.71 bits per heavy atom. The van der Waals surface area contributed by atoms with E-state index in [9.17, 15) is 4.79 Å². The molecule has 0 aliphatic heterocycles. The van der Waals surface area contributed by atoms with Crippen LogP contribution in [0.25, 0.3) is 10.9 Å². The van der Waals surface area contributed by atoms with Gasteiger partial charge in [0.1, 0.15) is 11.4 Å². The highest BCUT2D eigenvalue weighted by atomic mass is 32.2. The standard InChI is InChI=1S/C17H14N2OS/c1-12(16(20)13-7-3-2-4-8-13)21-17-14-9-5-6-10-15(14)18-11-19-17/h2-12H,1H3. The van der Waals surface area contributed by atoms with Gasteiger partial charge in [0.05, 0.1) is 10.8 Å². The van der Waals surface area contributed by atoms with Crippen molar-refractivity contribution in [1.29, 1.82) is 0 Å². The number of nitrogens with zero attached hydrogens (tertiary/aromatic N) is 2. The van der Waals surface area contributed by atoms with Gasteiger partial charge in [-0.1, -0.05) is 60.3 Å². The van der Waals surface area contributed by atoms with E-state index in [4.69, 9.17) is 0 Å². The van der Waals surface area contributed by atoms with E-state index in [1.165, 1.54) is 11.8 Å². The smallest absolute Gasteiger partial charge is 0.175 e. The van der Waals surface area contributed by atoms with Crippen molar-refractivity contribution >= 4 is 28.4 Å². The summed E-state index contributed by atoms with van der Waals surface area (Å²) < 4.78 is 0. The van der Waals surface area contributed by atoms with Crippen LogP contribution in [0.1, 0.15) is 17.3 Å². The first kappa shape index (κ1) is 13.8.